The minimum Gasteiger partial charge on any atom is -0.456 e. The number of hydrogen-bond donors (Lipinski definition) is 2. The highest BCUT2D eigenvalue weighted by Gasteiger charge is 2.30. The van der Waals surface area contributed by atoms with Crippen LogP contribution in [0.1, 0.15) is 40.9 Å². The van der Waals surface area contributed by atoms with Crippen LogP contribution in [0.3, 0.4) is 0 Å². The van der Waals surface area contributed by atoms with E-state index in [0.717, 1.165) is 28.3 Å². The van der Waals surface area contributed by atoms with Crippen LogP contribution in [-0.4, -0.2) is 27.8 Å². The van der Waals surface area contributed by atoms with Crippen LogP contribution < -0.4 is 10.6 Å². The molecule has 2 N–H and O–H groups in total. The summed E-state index contributed by atoms with van der Waals surface area (Å²) in [7, 11) is 0. The van der Waals surface area contributed by atoms with Crippen molar-refractivity contribution in [2.45, 2.75) is 42.6 Å². The van der Waals surface area contributed by atoms with Gasteiger partial charge in [-0.1, -0.05) is 29.2 Å². The summed E-state index contributed by atoms with van der Waals surface area (Å²) in [5.74, 6) is 0.163. The zero-order valence-electron chi connectivity index (χ0n) is 17.6. The number of thioether (sulfide) groups is 1. The summed E-state index contributed by atoms with van der Waals surface area (Å²) in [6.07, 6.45) is -4.50. The van der Waals surface area contributed by atoms with Crippen molar-refractivity contribution in [3.8, 4) is 0 Å². The van der Waals surface area contributed by atoms with Crippen molar-refractivity contribution in [2.75, 3.05) is 10.6 Å². The van der Waals surface area contributed by atoms with E-state index in [4.69, 9.17) is 4.74 Å². The number of thiophene rings is 1. The number of alkyl halides is 3. The average molecular weight is 517 g/mol. The number of carbonyl (C=O) groups excluding carboxylic acids is 2. The fraction of sp³-hybridized carbons (Fsp3) is 0.300. The van der Waals surface area contributed by atoms with Crippen LogP contribution in [0.4, 0.5) is 28.8 Å². The van der Waals surface area contributed by atoms with E-state index in [-0.39, 0.29) is 16.8 Å². The van der Waals surface area contributed by atoms with Gasteiger partial charge in [0.1, 0.15) is 10.5 Å². The van der Waals surface area contributed by atoms with Crippen LogP contribution in [0.5, 0.6) is 0 Å². The predicted octanol–water partition coefficient (Wildman–Crippen LogP) is 6.51. The van der Waals surface area contributed by atoms with Crippen molar-refractivity contribution in [3.63, 3.8) is 0 Å². The van der Waals surface area contributed by atoms with Gasteiger partial charge in [-0.05, 0) is 51.1 Å². The smallest absolute Gasteiger partial charge is 0.416 e. The molecule has 33 heavy (non-hydrogen) atoms. The zero-order valence-corrected chi connectivity index (χ0v) is 20.1. The normalized spacial score (nSPS) is 11.8. The zero-order chi connectivity index (χ0) is 24.2. The number of halogens is 3. The second kappa shape index (κ2) is 10.1. The summed E-state index contributed by atoms with van der Waals surface area (Å²) < 4.78 is 44.3. The maximum absolute atomic E-state index is 12.8. The summed E-state index contributed by atoms with van der Waals surface area (Å²) in [4.78, 5) is 25.6. The number of hydrogen-bond acceptors (Lipinski definition) is 8. The van der Waals surface area contributed by atoms with Crippen molar-refractivity contribution in [1.82, 2.24) is 10.2 Å². The van der Waals surface area contributed by atoms with E-state index in [2.05, 4.69) is 20.8 Å². The maximum atomic E-state index is 12.8. The maximum Gasteiger partial charge on any atom is 0.416 e. The van der Waals surface area contributed by atoms with Gasteiger partial charge in [-0.15, -0.1) is 21.5 Å². The second-order valence-electron chi connectivity index (χ2n) is 7.59. The molecule has 0 spiro atoms. The number of benzene rings is 1. The largest absolute Gasteiger partial charge is 0.456 e. The Morgan fingerprint density at radius 2 is 1.82 bits per heavy atom. The molecule has 2 amide bonds. The van der Waals surface area contributed by atoms with Crippen molar-refractivity contribution >= 4 is 57.3 Å². The topological polar surface area (TPSA) is 93.2 Å². The molecule has 2 aromatic heterocycles. The van der Waals surface area contributed by atoms with Crippen LogP contribution in [-0.2, 0) is 16.7 Å². The number of aromatic nitrogens is 2. The van der Waals surface area contributed by atoms with Crippen molar-refractivity contribution in [3.05, 3.63) is 51.7 Å². The molecule has 0 radical (unpaired) electrons. The van der Waals surface area contributed by atoms with Crippen molar-refractivity contribution in [2.24, 2.45) is 0 Å². The number of nitrogens with zero attached hydrogens (tertiary/aromatic N) is 2. The third-order valence-corrected chi connectivity index (χ3v) is 6.94. The molecule has 0 fully saturated rings. The standard InChI is InChI=1S/C20H19F3N4O3S3/c1-19(2,3)30-15(28)14-8-7-13(32-14)10-31-18-27-26-17(33-18)25-16(29)24-12-6-4-5-11(9-12)20(21,22)23/h4-9H,10H2,1-3H3,(H2,24,25,26,29). The lowest BCUT2D eigenvalue weighted by Crippen LogP contribution is -2.23. The summed E-state index contributed by atoms with van der Waals surface area (Å²) >= 11 is 3.82. The molecule has 0 atom stereocenters. The van der Waals surface area contributed by atoms with Gasteiger partial charge in [-0.2, -0.15) is 13.2 Å². The third kappa shape index (κ3) is 7.72. The van der Waals surface area contributed by atoms with E-state index in [9.17, 15) is 22.8 Å². The quantitative estimate of drug-likeness (QED) is 0.220. The Morgan fingerprint density at radius 3 is 2.52 bits per heavy atom. The minimum atomic E-state index is -4.50. The monoisotopic (exact) mass is 516 g/mol. The van der Waals surface area contributed by atoms with Gasteiger partial charge in [0.15, 0.2) is 4.34 Å². The molecular weight excluding hydrogens is 497 g/mol. The van der Waals surface area contributed by atoms with Gasteiger partial charge in [0.2, 0.25) is 5.13 Å². The lowest BCUT2D eigenvalue weighted by Gasteiger charge is -2.18. The van der Waals surface area contributed by atoms with Crippen LogP contribution in [0.2, 0.25) is 0 Å². The van der Waals surface area contributed by atoms with E-state index in [1.54, 1.807) is 26.8 Å². The number of nitrogens with one attached hydrogen (secondary N) is 2. The molecule has 0 aliphatic heterocycles. The molecule has 3 rings (SSSR count). The van der Waals surface area contributed by atoms with Gasteiger partial charge in [-0.25, -0.2) is 9.59 Å². The number of urea groups is 1. The molecule has 0 saturated heterocycles. The summed E-state index contributed by atoms with van der Waals surface area (Å²) in [5, 5.41) is 12.8. The lowest BCUT2D eigenvalue weighted by molar-refractivity contribution is -0.137. The second-order valence-corrected chi connectivity index (χ2v) is 11.0. The Morgan fingerprint density at radius 1 is 1.06 bits per heavy atom. The van der Waals surface area contributed by atoms with E-state index in [1.807, 2.05) is 6.07 Å². The first kappa shape index (κ1) is 25.0. The van der Waals surface area contributed by atoms with E-state index >= 15 is 0 Å². The predicted molar refractivity (Wildman–Crippen MR) is 123 cm³/mol. The van der Waals surface area contributed by atoms with E-state index in [1.165, 1.54) is 35.2 Å². The molecule has 3 aromatic rings. The molecule has 0 aliphatic rings. The van der Waals surface area contributed by atoms with E-state index < -0.39 is 23.4 Å². The van der Waals surface area contributed by atoms with Crippen LogP contribution >= 0.6 is 34.4 Å². The molecule has 0 bridgehead atoms. The first-order chi connectivity index (χ1) is 15.4. The van der Waals surface area contributed by atoms with Crippen molar-refractivity contribution < 1.29 is 27.5 Å². The first-order valence-electron chi connectivity index (χ1n) is 9.43. The Bertz CT molecular complexity index is 1140. The van der Waals surface area contributed by atoms with Gasteiger partial charge in [0.05, 0.1) is 5.56 Å². The highest BCUT2D eigenvalue weighted by Crippen LogP contribution is 2.32. The third-order valence-electron chi connectivity index (χ3n) is 3.67. The molecule has 0 saturated carbocycles. The number of esters is 1. The minimum absolute atomic E-state index is 0.0000689. The van der Waals surface area contributed by atoms with Crippen LogP contribution in [0.25, 0.3) is 0 Å². The summed E-state index contributed by atoms with van der Waals surface area (Å²) in [6.45, 7) is 5.41. The number of carbonyl (C=O) groups is 2. The fourth-order valence-electron chi connectivity index (χ4n) is 2.38. The Kier molecular flexibility index (Phi) is 7.65. The Hall–Kier alpha value is -2.64. The molecule has 176 valence electrons. The molecule has 1 aromatic carbocycles. The van der Waals surface area contributed by atoms with Crippen LogP contribution in [0.15, 0.2) is 40.7 Å². The Balaban J connectivity index is 1.51. The van der Waals surface area contributed by atoms with Crippen molar-refractivity contribution in [1.29, 1.82) is 0 Å². The van der Waals surface area contributed by atoms with E-state index in [0.29, 0.717) is 15.0 Å². The van der Waals surface area contributed by atoms with Gasteiger partial charge >= 0.3 is 18.2 Å². The molecule has 0 aliphatic carbocycles. The highest BCUT2D eigenvalue weighted by molar-refractivity contribution is 8.00. The fourth-order valence-corrected chi connectivity index (χ4v) is 5.05. The number of amides is 2. The molecule has 7 nitrogen and oxygen atoms in total. The number of anilines is 2. The highest BCUT2D eigenvalue weighted by atomic mass is 32.2. The average Bonchev–Trinajstić information content (AvgIpc) is 3.34. The lowest BCUT2D eigenvalue weighted by atomic mass is 10.2. The number of rotatable bonds is 6. The van der Waals surface area contributed by atoms with Gasteiger partial charge in [-0.3, -0.25) is 5.32 Å². The SMILES string of the molecule is CC(C)(C)OC(=O)c1ccc(CSc2nnc(NC(=O)Nc3cccc(C(F)(F)F)c3)s2)s1. The molecular formula is C20H19F3N4O3S3. The van der Waals surface area contributed by atoms with Crippen LogP contribution in [0, 0.1) is 0 Å². The summed E-state index contributed by atoms with van der Waals surface area (Å²) in [5.41, 5.74) is -1.43. The molecule has 0 unspecified atom stereocenters. The van der Waals surface area contributed by atoms with Gasteiger partial charge in [0.25, 0.3) is 0 Å². The molecule has 13 heteroatoms. The first-order valence-corrected chi connectivity index (χ1v) is 12.0. The summed E-state index contributed by atoms with van der Waals surface area (Å²) in [6, 6.07) is 7.12. The number of ether oxygens (including phenoxy) is 1. The Labute approximate surface area is 199 Å². The van der Waals surface area contributed by atoms with Gasteiger partial charge < -0.3 is 10.1 Å². The molecule has 2 heterocycles. The van der Waals surface area contributed by atoms with Gasteiger partial charge in [0, 0.05) is 16.3 Å².